The standard InChI is InChI=1S/C27H21FN6O2.Ce/c1-2-3-17-4-7-20-21(12-17)24(33-34-27(20)36)14-18-5-8-23(28)22(13-18)26(35)31-11-10-30-25-9-6-19(15-29)16-32-25;/h4-9,12-13,16H,10-11,14H2,1H3,(H3,30,31,32,34,35,36);/p-1. The van der Waals surface area contributed by atoms with Gasteiger partial charge >= 0.3 is 0 Å². The summed E-state index contributed by atoms with van der Waals surface area (Å²) < 4.78 is 14.4. The van der Waals surface area contributed by atoms with Gasteiger partial charge in [0.2, 0.25) is 0 Å². The Labute approximate surface area is 246 Å². The Kier molecular flexibility index (Phi) is 9.86. The van der Waals surface area contributed by atoms with E-state index in [-0.39, 0.29) is 72.4 Å². The monoisotopic (exact) mass is 619 g/mol. The third kappa shape index (κ3) is 6.98. The van der Waals surface area contributed by atoms with Gasteiger partial charge in [-0.2, -0.15) is 10.4 Å². The summed E-state index contributed by atoms with van der Waals surface area (Å²) in [5, 5.41) is 23.5. The van der Waals surface area contributed by atoms with Crippen LogP contribution in [0.1, 0.15) is 39.7 Å². The van der Waals surface area contributed by atoms with Crippen LogP contribution in [0.25, 0.3) is 16.1 Å². The molecule has 0 saturated carbocycles. The minimum absolute atomic E-state index is 0. The van der Waals surface area contributed by atoms with E-state index in [0.29, 0.717) is 33.4 Å². The van der Waals surface area contributed by atoms with Crippen LogP contribution in [0.5, 0.6) is 0 Å². The molecule has 2 heterocycles. The summed E-state index contributed by atoms with van der Waals surface area (Å²) in [6.07, 6.45) is 1.69. The molecular formula is C27H20CeFN6O2-. The maximum absolute atomic E-state index is 14.4. The Bertz CT molecular complexity index is 1600. The molecule has 8 nitrogen and oxygen atoms in total. The number of hydrogen-bond donors (Lipinski definition) is 2. The first kappa shape index (κ1) is 27.9. The van der Waals surface area contributed by atoms with Gasteiger partial charge in [0, 0.05) is 71.2 Å². The summed E-state index contributed by atoms with van der Waals surface area (Å²) in [5.41, 5.74) is 2.00. The van der Waals surface area contributed by atoms with Gasteiger partial charge in [0.25, 0.3) is 11.5 Å². The van der Waals surface area contributed by atoms with Gasteiger partial charge in [-0.05, 0) is 55.4 Å². The second-order valence-electron chi connectivity index (χ2n) is 7.78. The summed E-state index contributed by atoms with van der Waals surface area (Å²) >= 11 is 0. The minimum atomic E-state index is -0.651. The molecule has 37 heavy (non-hydrogen) atoms. The van der Waals surface area contributed by atoms with E-state index in [0.717, 1.165) is 5.56 Å². The number of rotatable bonds is 7. The largest absolute Gasteiger partial charge is 0.464 e. The van der Waals surface area contributed by atoms with Gasteiger partial charge in [0.05, 0.1) is 22.7 Å². The van der Waals surface area contributed by atoms with E-state index in [9.17, 15) is 14.0 Å². The smallest absolute Gasteiger partial charge is 0.272 e. The maximum Gasteiger partial charge on any atom is 0.272 e. The fourth-order valence-electron chi connectivity index (χ4n) is 3.61. The number of H-pyrrole nitrogens is 1. The number of halogens is 1. The molecule has 2 N–H and O–H groups in total. The number of pyridine rings is 1. The molecule has 1 amide bonds. The van der Waals surface area contributed by atoms with Crippen LogP contribution in [-0.2, 0) is 6.42 Å². The number of benzene rings is 2. The molecule has 4 rings (SSSR count). The van der Waals surface area contributed by atoms with Crippen LogP contribution in [0.4, 0.5) is 10.2 Å². The van der Waals surface area contributed by atoms with E-state index in [1.165, 1.54) is 18.3 Å². The summed E-state index contributed by atoms with van der Waals surface area (Å²) in [5.74, 6) is 5.01. The first-order valence-electron chi connectivity index (χ1n) is 11.0. The Balaban J connectivity index is 0.00000380. The van der Waals surface area contributed by atoms with Crippen molar-refractivity contribution in [2.45, 2.75) is 13.3 Å². The maximum atomic E-state index is 14.4. The van der Waals surface area contributed by atoms with Crippen molar-refractivity contribution in [1.29, 1.82) is 5.26 Å². The van der Waals surface area contributed by atoms with Crippen molar-refractivity contribution >= 4 is 22.5 Å². The van der Waals surface area contributed by atoms with Crippen LogP contribution in [-0.4, -0.2) is 34.2 Å². The average molecular weight is 620 g/mol. The zero-order valence-electron chi connectivity index (χ0n) is 19.8. The van der Waals surface area contributed by atoms with Crippen LogP contribution in [0.2, 0.25) is 0 Å². The molecule has 0 aliphatic heterocycles. The van der Waals surface area contributed by atoms with Crippen molar-refractivity contribution in [1.82, 2.24) is 20.5 Å². The van der Waals surface area contributed by atoms with Crippen LogP contribution in [0, 0.1) is 70.7 Å². The minimum Gasteiger partial charge on any atom is -0.464 e. The molecule has 2 aromatic heterocycles. The van der Waals surface area contributed by atoms with E-state index >= 15 is 0 Å². The number of aromatic nitrogens is 3. The normalized spacial score (nSPS) is 9.97. The van der Waals surface area contributed by atoms with E-state index in [1.807, 2.05) is 6.07 Å². The SMILES string of the molecule is CC#Cc1ccc2c(=O)[nH]nc(Cc3ccc(F)c(C(=O)NCC[N-]c4ccc(C#N)cn4)c3)c2c1.[Ce]. The molecule has 0 aliphatic carbocycles. The molecule has 0 radical (unpaired) electrons. The third-order valence-electron chi connectivity index (χ3n) is 5.33. The van der Waals surface area contributed by atoms with Crippen LogP contribution < -0.4 is 10.9 Å². The van der Waals surface area contributed by atoms with Crippen LogP contribution in [0.15, 0.2) is 59.5 Å². The van der Waals surface area contributed by atoms with Gasteiger partial charge in [0.15, 0.2) is 0 Å². The predicted octanol–water partition coefficient (Wildman–Crippen LogP) is 3.73. The fourth-order valence-corrected chi connectivity index (χ4v) is 3.61. The number of hydrogen-bond acceptors (Lipinski definition) is 5. The number of nitriles is 1. The third-order valence-corrected chi connectivity index (χ3v) is 5.33. The zero-order valence-corrected chi connectivity index (χ0v) is 22.9. The molecule has 182 valence electrons. The molecule has 0 aliphatic rings. The Morgan fingerprint density at radius 3 is 2.68 bits per heavy atom. The second kappa shape index (κ2) is 13.1. The summed E-state index contributed by atoms with van der Waals surface area (Å²) in [6, 6.07) is 14.7. The number of nitrogens with zero attached hydrogens (tertiary/aromatic N) is 4. The van der Waals surface area contributed by atoms with Crippen LogP contribution >= 0.6 is 0 Å². The van der Waals surface area contributed by atoms with E-state index < -0.39 is 11.7 Å². The Morgan fingerprint density at radius 2 is 1.95 bits per heavy atom. The molecule has 0 atom stereocenters. The summed E-state index contributed by atoms with van der Waals surface area (Å²) in [6.45, 7) is 2.14. The van der Waals surface area contributed by atoms with Gasteiger partial charge < -0.3 is 15.6 Å². The van der Waals surface area contributed by atoms with Crippen molar-refractivity contribution in [3.05, 3.63) is 104 Å². The van der Waals surface area contributed by atoms with Gasteiger partial charge in [-0.3, -0.25) is 9.59 Å². The first-order valence-corrected chi connectivity index (χ1v) is 11.0. The van der Waals surface area contributed by atoms with E-state index in [1.54, 1.807) is 43.3 Å². The van der Waals surface area contributed by atoms with Crippen molar-refractivity contribution in [2.24, 2.45) is 0 Å². The molecular weight excluding hydrogens is 599 g/mol. The summed E-state index contributed by atoms with van der Waals surface area (Å²) in [4.78, 5) is 28.9. The number of carbonyl (C=O) groups excluding carboxylic acids is 1. The molecule has 4 aromatic rings. The molecule has 0 fully saturated rings. The number of aromatic amines is 1. The number of fused-ring (bicyclic) bond motifs is 1. The Morgan fingerprint density at radius 1 is 1.14 bits per heavy atom. The fraction of sp³-hybridized carbons (Fsp3) is 0.148. The van der Waals surface area contributed by atoms with Gasteiger partial charge in [0.1, 0.15) is 5.82 Å². The van der Waals surface area contributed by atoms with Crippen molar-refractivity contribution < 1.29 is 50.9 Å². The number of amides is 1. The van der Waals surface area contributed by atoms with Gasteiger partial charge in [-0.25, -0.2) is 9.49 Å². The number of nitrogens with one attached hydrogen (secondary N) is 2. The van der Waals surface area contributed by atoms with E-state index in [4.69, 9.17) is 5.26 Å². The van der Waals surface area contributed by atoms with E-state index in [2.05, 4.69) is 37.7 Å². The number of carbonyl (C=O) groups is 1. The van der Waals surface area contributed by atoms with Gasteiger partial charge in [-0.1, -0.05) is 30.1 Å². The molecule has 0 bridgehead atoms. The topological polar surface area (TPSA) is 126 Å². The molecule has 0 unspecified atom stereocenters. The van der Waals surface area contributed by atoms with Crippen molar-refractivity contribution in [3.63, 3.8) is 0 Å². The molecule has 10 heteroatoms. The molecule has 2 aromatic carbocycles. The quantitative estimate of drug-likeness (QED) is 0.241. The summed E-state index contributed by atoms with van der Waals surface area (Å²) in [7, 11) is 0. The molecule has 0 saturated heterocycles. The zero-order chi connectivity index (χ0) is 25.5. The van der Waals surface area contributed by atoms with Gasteiger partial charge in [-0.15, -0.1) is 5.92 Å². The average Bonchev–Trinajstić information content (AvgIpc) is 2.89. The van der Waals surface area contributed by atoms with Crippen molar-refractivity contribution in [2.75, 3.05) is 13.1 Å². The van der Waals surface area contributed by atoms with Crippen molar-refractivity contribution in [3.8, 4) is 17.9 Å². The predicted molar refractivity (Wildman–Crippen MR) is 133 cm³/mol. The second-order valence-corrected chi connectivity index (χ2v) is 7.78. The first-order chi connectivity index (χ1) is 17.5. The Hall–Kier alpha value is -3.64. The molecule has 0 spiro atoms. The van der Waals surface area contributed by atoms with Crippen LogP contribution in [0.3, 0.4) is 0 Å².